The number of halogens is 1. The molecule has 0 N–H and O–H groups in total. The van der Waals surface area contributed by atoms with Gasteiger partial charge in [0.2, 0.25) is 0 Å². The fourth-order valence-electron chi connectivity index (χ4n) is 2.88. The lowest BCUT2D eigenvalue weighted by atomic mass is 10.2. The van der Waals surface area contributed by atoms with Crippen LogP contribution in [0.3, 0.4) is 0 Å². The van der Waals surface area contributed by atoms with E-state index in [0.717, 1.165) is 0 Å². The summed E-state index contributed by atoms with van der Waals surface area (Å²) in [5.41, 5.74) is 1.47. The number of ether oxygens (including phenoxy) is 1. The van der Waals surface area contributed by atoms with Crippen LogP contribution in [0, 0.1) is 0 Å². The SMILES string of the molecule is COC(=O)c1ccc(CN(C(=O)N2CCS(=O)(=O)CC2)c2ccc(Cl)cc2)nc1. The van der Waals surface area contributed by atoms with Crippen LogP contribution in [0.5, 0.6) is 0 Å². The van der Waals surface area contributed by atoms with E-state index in [2.05, 4.69) is 9.72 Å². The Hall–Kier alpha value is -2.65. The summed E-state index contributed by atoms with van der Waals surface area (Å²) < 4.78 is 28.0. The van der Waals surface area contributed by atoms with Crippen LogP contribution in [-0.2, 0) is 21.1 Å². The molecule has 2 heterocycles. The Morgan fingerprint density at radius 3 is 2.34 bits per heavy atom. The molecule has 1 saturated heterocycles. The number of pyridine rings is 1. The van der Waals surface area contributed by atoms with E-state index >= 15 is 0 Å². The van der Waals surface area contributed by atoms with Gasteiger partial charge in [0, 0.05) is 30.0 Å². The molecule has 0 radical (unpaired) electrons. The van der Waals surface area contributed by atoms with Crippen LogP contribution >= 0.6 is 11.6 Å². The molecule has 2 aromatic rings. The molecule has 1 aliphatic rings. The van der Waals surface area contributed by atoms with E-state index in [1.165, 1.54) is 23.1 Å². The number of methoxy groups -OCH3 is 1. The number of rotatable bonds is 4. The number of urea groups is 1. The van der Waals surface area contributed by atoms with Crippen LogP contribution in [0.25, 0.3) is 0 Å². The normalized spacial score (nSPS) is 15.6. The molecule has 0 unspecified atom stereocenters. The molecule has 3 rings (SSSR count). The maximum atomic E-state index is 13.1. The zero-order valence-corrected chi connectivity index (χ0v) is 17.3. The van der Waals surface area contributed by atoms with Crippen molar-refractivity contribution in [2.45, 2.75) is 6.54 Å². The van der Waals surface area contributed by atoms with E-state index in [1.807, 2.05) is 0 Å². The monoisotopic (exact) mass is 437 g/mol. The van der Waals surface area contributed by atoms with Gasteiger partial charge in [0.05, 0.1) is 36.4 Å². The lowest BCUT2D eigenvalue weighted by Gasteiger charge is -2.33. The summed E-state index contributed by atoms with van der Waals surface area (Å²) in [5.74, 6) is -0.609. The molecule has 29 heavy (non-hydrogen) atoms. The van der Waals surface area contributed by atoms with Crippen molar-refractivity contribution in [3.8, 4) is 0 Å². The number of aromatic nitrogens is 1. The van der Waals surface area contributed by atoms with Gasteiger partial charge >= 0.3 is 12.0 Å². The minimum Gasteiger partial charge on any atom is -0.465 e. The summed E-state index contributed by atoms with van der Waals surface area (Å²) in [5, 5.41) is 0.533. The number of carbonyl (C=O) groups excluding carboxylic acids is 2. The summed E-state index contributed by atoms with van der Waals surface area (Å²) in [6.45, 7) is 0.422. The topological polar surface area (TPSA) is 96.9 Å². The smallest absolute Gasteiger partial charge is 0.339 e. The highest BCUT2D eigenvalue weighted by atomic mass is 35.5. The quantitative estimate of drug-likeness (QED) is 0.681. The van der Waals surface area contributed by atoms with Gasteiger partial charge in [0.15, 0.2) is 9.84 Å². The van der Waals surface area contributed by atoms with E-state index in [9.17, 15) is 18.0 Å². The number of sulfone groups is 1. The maximum Gasteiger partial charge on any atom is 0.339 e. The molecule has 1 aromatic heterocycles. The highest BCUT2D eigenvalue weighted by molar-refractivity contribution is 7.91. The third-order valence-corrected chi connectivity index (χ3v) is 6.41. The minimum atomic E-state index is -3.11. The van der Waals surface area contributed by atoms with Gasteiger partial charge in [-0.25, -0.2) is 18.0 Å². The standard InChI is InChI=1S/C19H20ClN3O5S/c1-28-18(24)14-2-5-16(21-12-14)13-23(17-6-3-15(20)4-7-17)19(25)22-8-10-29(26,27)11-9-22/h2-7,12H,8-11,13H2,1H3. The molecule has 0 atom stereocenters. The highest BCUT2D eigenvalue weighted by Gasteiger charge is 2.29. The van der Waals surface area contributed by atoms with Crippen molar-refractivity contribution in [3.63, 3.8) is 0 Å². The highest BCUT2D eigenvalue weighted by Crippen LogP contribution is 2.22. The average Bonchev–Trinajstić information content (AvgIpc) is 2.72. The molecule has 0 spiro atoms. The van der Waals surface area contributed by atoms with Crippen molar-refractivity contribution in [2.24, 2.45) is 0 Å². The Labute approximate surface area is 174 Å². The fourth-order valence-corrected chi connectivity index (χ4v) is 4.21. The van der Waals surface area contributed by atoms with Gasteiger partial charge in [-0.15, -0.1) is 0 Å². The summed E-state index contributed by atoms with van der Waals surface area (Å²) in [7, 11) is -1.82. The molecule has 0 aliphatic carbocycles. The second-order valence-electron chi connectivity index (χ2n) is 6.51. The molecule has 1 aliphatic heterocycles. The van der Waals surface area contributed by atoms with Gasteiger partial charge in [-0.3, -0.25) is 9.88 Å². The van der Waals surface area contributed by atoms with Gasteiger partial charge in [0.1, 0.15) is 0 Å². The minimum absolute atomic E-state index is 0.0563. The Morgan fingerprint density at radius 1 is 1.14 bits per heavy atom. The first-order valence-electron chi connectivity index (χ1n) is 8.85. The van der Waals surface area contributed by atoms with E-state index in [1.54, 1.807) is 36.4 Å². The summed E-state index contributed by atoms with van der Waals surface area (Å²) in [6.07, 6.45) is 1.39. The van der Waals surface area contributed by atoms with E-state index < -0.39 is 15.8 Å². The van der Waals surface area contributed by atoms with Crippen LogP contribution in [0.2, 0.25) is 5.02 Å². The number of hydrogen-bond donors (Lipinski definition) is 0. The van der Waals surface area contributed by atoms with Gasteiger partial charge in [-0.2, -0.15) is 0 Å². The summed E-state index contributed by atoms with van der Waals surface area (Å²) in [6, 6.07) is 9.67. The first-order chi connectivity index (χ1) is 13.8. The zero-order valence-electron chi connectivity index (χ0n) is 15.7. The average molecular weight is 438 g/mol. The van der Waals surface area contributed by atoms with E-state index in [4.69, 9.17) is 11.6 Å². The summed E-state index contributed by atoms with van der Waals surface area (Å²) >= 11 is 5.96. The maximum absolute atomic E-state index is 13.1. The fraction of sp³-hybridized carbons (Fsp3) is 0.316. The van der Waals surface area contributed by atoms with Crippen LogP contribution in [0.1, 0.15) is 16.1 Å². The number of hydrogen-bond acceptors (Lipinski definition) is 6. The molecule has 1 fully saturated rings. The van der Waals surface area contributed by atoms with Crippen molar-refractivity contribution in [2.75, 3.05) is 36.6 Å². The van der Waals surface area contributed by atoms with Crippen LogP contribution < -0.4 is 4.90 Å². The molecule has 8 nitrogen and oxygen atoms in total. The molecule has 0 bridgehead atoms. The number of esters is 1. The molecule has 2 amide bonds. The Kier molecular flexibility index (Phi) is 6.39. The third-order valence-electron chi connectivity index (χ3n) is 4.55. The lowest BCUT2D eigenvalue weighted by molar-refractivity contribution is 0.0600. The van der Waals surface area contributed by atoms with Crippen LogP contribution in [-0.4, -0.2) is 62.0 Å². The molecule has 154 valence electrons. The summed E-state index contributed by atoms with van der Waals surface area (Å²) in [4.78, 5) is 32.0. The van der Waals surface area contributed by atoms with Crippen molar-refractivity contribution in [1.82, 2.24) is 9.88 Å². The first-order valence-corrected chi connectivity index (χ1v) is 11.0. The predicted molar refractivity (Wildman–Crippen MR) is 109 cm³/mol. The van der Waals surface area contributed by atoms with Gasteiger partial charge in [0.25, 0.3) is 0 Å². The molecule has 1 aromatic carbocycles. The zero-order chi connectivity index (χ0) is 21.0. The van der Waals surface area contributed by atoms with E-state index in [-0.39, 0.29) is 37.2 Å². The molecular formula is C19H20ClN3O5S. The number of nitrogens with zero attached hydrogens (tertiary/aromatic N) is 3. The van der Waals surface area contributed by atoms with Gasteiger partial charge < -0.3 is 9.64 Å². The number of anilines is 1. The lowest BCUT2D eigenvalue weighted by Crippen LogP contribution is -2.49. The second kappa shape index (κ2) is 8.79. The van der Waals surface area contributed by atoms with Gasteiger partial charge in [-0.05, 0) is 36.4 Å². The van der Waals surface area contributed by atoms with E-state index in [0.29, 0.717) is 22.0 Å². The number of carbonyl (C=O) groups is 2. The largest absolute Gasteiger partial charge is 0.465 e. The molecule has 10 heteroatoms. The first kappa shape index (κ1) is 21.1. The van der Waals surface area contributed by atoms with Gasteiger partial charge in [-0.1, -0.05) is 11.6 Å². The van der Waals surface area contributed by atoms with Crippen LogP contribution in [0.4, 0.5) is 10.5 Å². The predicted octanol–water partition coefficient (Wildman–Crippen LogP) is 2.38. The van der Waals surface area contributed by atoms with Crippen molar-refractivity contribution < 1.29 is 22.7 Å². The number of amides is 2. The van der Waals surface area contributed by atoms with Crippen molar-refractivity contribution >= 4 is 39.1 Å². The van der Waals surface area contributed by atoms with Crippen molar-refractivity contribution in [3.05, 3.63) is 58.9 Å². The second-order valence-corrected chi connectivity index (χ2v) is 9.25. The van der Waals surface area contributed by atoms with Crippen molar-refractivity contribution in [1.29, 1.82) is 0 Å². The third kappa shape index (κ3) is 5.24. The Bertz CT molecular complexity index is 980. The Balaban J connectivity index is 1.84. The molecular weight excluding hydrogens is 418 g/mol. The Morgan fingerprint density at radius 2 is 1.79 bits per heavy atom. The molecule has 0 saturated carbocycles. The number of benzene rings is 1. The van der Waals surface area contributed by atoms with Crippen LogP contribution in [0.15, 0.2) is 42.6 Å².